The first-order valence-electron chi connectivity index (χ1n) is 7.81. The van der Waals surface area contributed by atoms with Crippen LogP contribution in [0.15, 0.2) is 41.8 Å². The molecule has 126 valence electrons. The maximum absolute atomic E-state index is 12.7. The summed E-state index contributed by atoms with van der Waals surface area (Å²) in [6.45, 7) is 1.51. The molecule has 0 unspecified atom stereocenters. The normalized spacial score (nSPS) is 18.0. The molecule has 0 radical (unpaired) electrons. The molecule has 2 aromatic rings. The number of carbonyl (C=O) groups is 2. The lowest BCUT2D eigenvalue weighted by Gasteiger charge is -2.20. The summed E-state index contributed by atoms with van der Waals surface area (Å²) >= 11 is 3.71. The SMILES string of the molecule is COC(=O)c1ccc(C(=O)N2CCS[C@H](c3cccs3)CC2)cc1. The molecular formula is C18H19NO3S2. The zero-order valence-electron chi connectivity index (χ0n) is 13.4. The molecule has 1 aromatic heterocycles. The summed E-state index contributed by atoms with van der Waals surface area (Å²) in [5, 5.41) is 2.58. The van der Waals surface area contributed by atoms with E-state index in [-0.39, 0.29) is 11.9 Å². The Hall–Kier alpha value is -1.79. The molecule has 2 heterocycles. The second kappa shape index (κ2) is 7.85. The third kappa shape index (κ3) is 3.82. The minimum absolute atomic E-state index is 0.0267. The Morgan fingerprint density at radius 2 is 1.88 bits per heavy atom. The molecule has 0 bridgehead atoms. The molecule has 4 nitrogen and oxygen atoms in total. The Morgan fingerprint density at radius 1 is 1.12 bits per heavy atom. The van der Waals surface area contributed by atoms with Crippen molar-refractivity contribution in [2.75, 3.05) is 26.0 Å². The first-order chi connectivity index (χ1) is 11.7. The molecule has 0 saturated carbocycles. The molecule has 0 spiro atoms. The van der Waals surface area contributed by atoms with Gasteiger partial charge in [-0.25, -0.2) is 4.79 Å². The number of thioether (sulfide) groups is 1. The van der Waals surface area contributed by atoms with Crippen LogP contribution in [0.3, 0.4) is 0 Å². The quantitative estimate of drug-likeness (QED) is 0.779. The molecule has 24 heavy (non-hydrogen) atoms. The van der Waals surface area contributed by atoms with Gasteiger partial charge in [0.15, 0.2) is 0 Å². The maximum atomic E-state index is 12.7. The second-order valence-corrected chi connectivity index (χ2v) is 7.81. The molecular weight excluding hydrogens is 342 g/mol. The minimum Gasteiger partial charge on any atom is -0.465 e. The van der Waals surface area contributed by atoms with E-state index in [9.17, 15) is 9.59 Å². The van der Waals surface area contributed by atoms with Crippen LogP contribution in [0.2, 0.25) is 0 Å². The maximum Gasteiger partial charge on any atom is 0.337 e. The van der Waals surface area contributed by atoms with Gasteiger partial charge >= 0.3 is 5.97 Å². The summed E-state index contributed by atoms with van der Waals surface area (Å²) in [4.78, 5) is 27.5. The molecule has 1 atom stereocenters. The number of hydrogen-bond acceptors (Lipinski definition) is 5. The summed E-state index contributed by atoms with van der Waals surface area (Å²) in [5.74, 6) is 0.576. The smallest absolute Gasteiger partial charge is 0.337 e. The molecule has 6 heteroatoms. The number of nitrogens with zero attached hydrogens (tertiary/aromatic N) is 1. The van der Waals surface area contributed by atoms with Gasteiger partial charge in [-0.05, 0) is 42.1 Å². The molecule has 1 aliphatic rings. The first kappa shape index (κ1) is 17.0. The second-order valence-electron chi connectivity index (χ2n) is 5.52. The molecule has 0 N–H and O–H groups in total. The number of thiophene rings is 1. The average Bonchev–Trinajstić information content (AvgIpc) is 3.05. The first-order valence-corrected chi connectivity index (χ1v) is 9.74. The number of esters is 1. The van der Waals surface area contributed by atoms with E-state index in [1.165, 1.54) is 12.0 Å². The van der Waals surface area contributed by atoms with Gasteiger partial charge < -0.3 is 9.64 Å². The van der Waals surface area contributed by atoms with E-state index >= 15 is 0 Å². The Bertz CT molecular complexity index is 698. The molecule has 1 aliphatic heterocycles. The van der Waals surface area contributed by atoms with Gasteiger partial charge in [0, 0.05) is 34.5 Å². The number of methoxy groups -OCH3 is 1. The lowest BCUT2D eigenvalue weighted by atomic mass is 10.1. The summed E-state index contributed by atoms with van der Waals surface area (Å²) in [6, 6.07) is 10.9. The van der Waals surface area contributed by atoms with Crippen LogP contribution >= 0.6 is 23.1 Å². The predicted octanol–water partition coefficient (Wildman–Crippen LogP) is 3.86. The van der Waals surface area contributed by atoms with Gasteiger partial charge in [0.25, 0.3) is 5.91 Å². The van der Waals surface area contributed by atoms with Crippen LogP contribution < -0.4 is 0 Å². The zero-order chi connectivity index (χ0) is 16.9. The van der Waals surface area contributed by atoms with Crippen molar-refractivity contribution in [1.82, 2.24) is 4.90 Å². The fraction of sp³-hybridized carbons (Fsp3) is 0.333. The van der Waals surface area contributed by atoms with Gasteiger partial charge in [-0.15, -0.1) is 11.3 Å². The molecule has 1 aromatic carbocycles. The van der Waals surface area contributed by atoms with E-state index in [1.807, 2.05) is 16.7 Å². The van der Waals surface area contributed by atoms with Crippen molar-refractivity contribution in [2.45, 2.75) is 11.7 Å². The van der Waals surface area contributed by atoms with Crippen molar-refractivity contribution < 1.29 is 14.3 Å². The van der Waals surface area contributed by atoms with Gasteiger partial charge in [-0.3, -0.25) is 4.79 Å². The number of hydrogen-bond donors (Lipinski definition) is 0. The standard InChI is InChI=1S/C18H19NO3S2/c1-22-18(21)14-6-4-13(5-7-14)17(20)19-9-8-16(24-12-10-19)15-3-2-11-23-15/h2-7,11,16H,8-10,12H2,1H3/t16-/m0/s1. The number of rotatable bonds is 3. The van der Waals surface area contributed by atoms with Crippen LogP contribution in [0.1, 0.15) is 37.3 Å². The van der Waals surface area contributed by atoms with Crippen LogP contribution in [-0.2, 0) is 4.74 Å². The Morgan fingerprint density at radius 3 is 2.54 bits per heavy atom. The fourth-order valence-electron chi connectivity index (χ4n) is 2.72. The molecule has 3 rings (SSSR count). The topological polar surface area (TPSA) is 46.6 Å². The van der Waals surface area contributed by atoms with Crippen molar-refractivity contribution in [2.24, 2.45) is 0 Å². The summed E-state index contributed by atoms with van der Waals surface area (Å²) in [7, 11) is 1.35. The minimum atomic E-state index is -0.390. The predicted molar refractivity (Wildman–Crippen MR) is 97.8 cm³/mol. The van der Waals surface area contributed by atoms with E-state index in [0.29, 0.717) is 16.4 Å². The highest BCUT2D eigenvalue weighted by Crippen LogP contribution is 2.36. The molecule has 1 amide bonds. The number of ether oxygens (including phenoxy) is 1. The van der Waals surface area contributed by atoms with Gasteiger partial charge in [0.05, 0.1) is 12.7 Å². The van der Waals surface area contributed by atoms with E-state index in [1.54, 1.807) is 35.6 Å². The van der Waals surface area contributed by atoms with Crippen LogP contribution in [0, 0.1) is 0 Å². The van der Waals surface area contributed by atoms with Crippen molar-refractivity contribution >= 4 is 35.0 Å². The Kier molecular flexibility index (Phi) is 5.58. The Balaban J connectivity index is 1.65. The monoisotopic (exact) mass is 361 g/mol. The van der Waals surface area contributed by atoms with Crippen molar-refractivity contribution in [1.29, 1.82) is 0 Å². The molecule has 1 fully saturated rings. The van der Waals surface area contributed by atoms with Crippen molar-refractivity contribution in [3.8, 4) is 0 Å². The van der Waals surface area contributed by atoms with Gasteiger partial charge in [0.1, 0.15) is 0 Å². The largest absolute Gasteiger partial charge is 0.465 e. The van der Waals surface area contributed by atoms with E-state index in [2.05, 4.69) is 22.2 Å². The number of benzene rings is 1. The zero-order valence-corrected chi connectivity index (χ0v) is 15.1. The van der Waals surface area contributed by atoms with Crippen molar-refractivity contribution in [3.63, 3.8) is 0 Å². The van der Waals surface area contributed by atoms with Crippen LogP contribution in [0.25, 0.3) is 0 Å². The van der Waals surface area contributed by atoms with Crippen LogP contribution in [0.4, 0.5) is 0 Å². The van der Waals surface area contributed by atoms with Crippen LogP contribution in [-0.4, -0.2) is 42.7 Å². The highest BCUT2D eigenvalue weighted by Gasteiger charge is 2.23. The van der Waals surface area contributed by atoms with E-state index in [4.69, 9.17) is 0 Å². The summed E-state index contributed by atoms with van der Waals surface area (Å²) < 4.78 is 4.68. The molecule has 0 aliphatic carbocycles. The lowest BCUT2D eigenvalue weighted by Crippen LogP contribution is -2.33. The fourth-order valence-corrected chi connectivity index (χ4v) is 4.96. The third-order valence-corrected chi connectivity index (χ3v) is 6.49. The van der Waals surface area contributed by atoms with Gasteiger partial charge in [-0.1, -0.05) is 6.07 Å². The highest BCUT2D eigenvalue weighted by atomic mass is 32.2. The third-order valence-electron chi connectivity index (χ3n) is 4.04. The summed E-state index contributed by atoms with van der Waals surface area (Å²) in [5.41, 5.74) is 1.07. The van der Waals surface area contributed by atoms with E-state index in [0.717, 1.165) is 25.3 Å². The van der Waals surface area contributed by atoms with Gasteiger partial charge in [0.2, 0.25) is 0 Å². The lowest BCUT2D eigenvalue weighted by molar-refractivity contribution is 0.0599. The average molecular weight is 361 g/mol. The number of carbonyl (C=O) groups excluding carboxylic acids is 2. The Labute approximate surface area is 149 Å². The van der Waals surface area contributed by atoms with E-state index < -0.39 is 0 Å². The highest BCUT2D eigenvalue weighted by molar-refractivity contribution is 7.99. The summed E-state index contributed by atoms with van der Waals surface area (Å²) in [6.07, 6.45) is 0.969. The van der Waals surface area contributed by atoms with Crippen molar-refractivity contribution in [3.05, 3.63) is 57.8 Å². The van der Waals surface area contributed by atoms with Crippen LogP contribution in [0.5, 0.6) is 0 Å². The molecule has 1 saturated heterocycles. The van der Waals surface area contributed by atoms with Gasteiger partial charge in [-0.2, -0.15) is 11.8 Å². The number of amides is 1.